The van der Waals surface area contributed by atoms with E-state index >= 15 is 0 Å². The van der Waals surface area contributed by atoms with E-state index in [0.29, 0.717) is 0 Å². The Morgan fingerprint density at radius 3 is 2.60 bits per heavy atom. The Hall–Kier alpha value is -0.220. The van der Waals surface area contributed by atoms with Crippen LogP contribution in [0.2, 0.25) is 0 Å². The molecule has 0 aliphatic carbocycles. The van der Waals surface area contributed by atoms with E-state index in [-0.39, 0.29) is 5.92 Å². The molecule has 0 aromatic heterocycles. The number of carboxylic acids is 1. The van der Waals surface area contributed by atoms with Gasteiger partial charge in [-0.2, -0.15) is 11.8 Å². The lowest BCUT2D eigenvalue weighted by Crippen LogP contribution is -2.37. The summed E-state index contributed by atoms with van der Waals surface area (Å²) in [6.45, 7) is 1.84. The first-order valence-electron chi connectivity index (χ1n) is 3.07. The van der Waals surface area contributed by atoms with E-state index in [1.54, 1.807) is 11.8 Å². The van der Waals surface area contributed by atoms with Crippen LogP contribution in [0.15, 0.2) is 0 Å². The molecule has 3 N–H and O–H groups in total. The van der Waals surface area contributed by atoms with Crippen LogP contribution in [0.4, 0.5) is 0 Å². The molecular weight excluding hydrogens is 150 g/mol. The van der Waals surface area contributed by atoms with Crippen molar-refractivity contribution >= 4 is 17.7 Å². The van der Waals surface area contributed by atoms with Crippen molar-refractivity contribution in [3.8, 4) is 0 Å². The first-order chi connectivity index (χ1) is 4.59. The highest BCUT2D eigenvalue weighted by molar-refractivity contribution is 7.98. The van der Waals surface area contributed by atoms with Gasteiger partial charge in [0.1, 0.15) is 6.04 Å². The van der Waals surface area contributed by atoms with Gasteiger partial charge in [0.25, 0.3) is 0 Å². The summed E-state index contributed by atoms with van der Waals surface area (Å²) in [6, 6.07) is -0.715. The minimum absolute atomic E-state index is 0.0486. The van der Waals surface area contributed by atoms with Gasteiger partial charge in [0.05, 0.1) is 0 Å². The van der Waals surface area contributed by atoms with E-state index in [9.17, 15) is 4.79 Å². The van der Waals surface area contributed by atoms with Gasteiger partial charge < -0.3 is 10.8 Å². The SMILES string of the molecule is CSC[C@@H](C)[C@@H](N)C(=O)O. The van der Waals surface area contributed by atoms with E-state index in [4.69, 9.17) is 10.8 Å². The normalized spacial score (nSPS) is 16.3. The maximum atomic E-state index is 10.3. The summed E-state index contributed by atoms with van der Waals surface area (Å²) in [5.74, 6) is -0.0675. The van der Waals surface area contributed by atoms with E-state index < -0.39 is 12.0 Å². The molecule has 0 saturated carbocycles. The van der Waals surface area contributed by atoms with Gasteiger partial charge in [-0.05, 0) is 17.9 Å². The van der Waals surface area contributed by atoms with Gasteiger partial charge in [0, 0.05) is 0 Å². The Kier molecular flexibility index (Phi) is 4.47. The molecular formula is C6H13NO2S. The van der Waals surface area contributed by atoms with Crippen LogP contribution in [0.1, 0.15) is 6.92 Å². The van der Waals surface area contributed by atoms with Crippen molar-refractivity contribution in [1.82, 2.24) is 0 Å². The molecule has 0 amide bonds. The summed E-state index contributed by atoms with van der Waals surface area (Å²) in [5, 5.41) is 8.44. The van der Waals surface area contributed by atoms with Gasteiger partial charge in [0.15, 0.2) is 0 Å². The third kappa shape index (κ3) is 3.08. The second-order valence-electron chi connectivity index (χ2n) is 2.30. The molecule has 0 radical (unpaired) electrons. The lowest BCUT2D eigenvalue weighted by atomic mass is 10.1. The molecule has 0 unspecified atom stereocenters. The summed E-state index contributed by atoms with van der Waals surface area (Å²) in [5.41, 5.74) is 5.33. The van der Waals surface area contributed by atoms with Crippen LogP contribution in [0.3, 0.4) is 0 Å². The van der Waals surface area contributed by atoms with Crippen LogP contribution < -0.4 is 5.73 Å². The Morgan fingerprint density at radius 1 is 1.80 bits per heavy atom. The quantitative estimate of drug-likeness (QED) is 0.629. The zero-order chi connectivity index (χ0) is 8.15. The molecule has 0 aromatic rings. The average Bonchev–Trinajstić information content (AvgIpc) is 1.87. The average molecular weight is 163 g/mol. The molecule has 0 fully saturated rings. The molecule has 4 heteroatoms. The van der Waals surface area contributed by atoms with Gasteiger partial charge in [0.2, 0.25) is 0 Å². The smallest absolute Gasteiger partial charge is 0.320 e. The Bertz CT molecular complexity index is 118. The third-order valence-corrected chi connectivity index (χ3v) is 2.19. The molecule has 0 aliphatic heterocycles. The summed E-state index contributed by atoms with van der Waals surface area (Å²) in [4.78, 5) is 10.3. The molecule has 0 aliphatic rings. The van der Waals surface area contributed by atoms with Crippen molar-refractivity contribution in [3.05, 3.63) is 0 Å². The van der Waals surface area contributed by atoms with E-state index in [2.05, 4.69) is 0 Å². The monoisotopic (exact) mass is 163 g/mol. The second kappa shape index (κ2) is 4.57. The van der Waals surface area contributed by atoms with Crippen molar-refractivity contribution in [1.29, 1.82) is 0 Å². The summed E-state index contributed by atoms with van der Waals surface area (Å²) >= 11 is 1.61. The highest BCUT2D eigenvalue weighted by Crippen LogP contribution is 2.07. The predicted molar refractivity (Wildman–Crippen MR) is 43.2 cm³/mol. The molecule has 10 heavy (non-hydrogen) atoms. The summed E-state index contributed by atoms with van der Waals surface area (Å²) in [7, 11) is 0. The zero-order valence-corrected chi connectivity index (χ0v) is 7.02. The highest BCUT2D eigenvalue weighted by atomic mass is 32.2. The van der Waals surface area contributed by atoms with Crippen molar-refractivity contribution < 1.29 is 9.90 Å². The fraction of sp³-hybridized carbons (Fsp3) is 0.833. The highest BCUT2D eigenvalue weighted by Gasteiger charge is 2.18. The van der Waals surface area contributed by atoms with Crippen LogP contribution in [-0.4, -0.2) is 29.1 Å². The fourth-order valence-electron chi connectivity index (χ4n) is 0.610. The van der Waals surface area contributed by atoms with Gasteiger partial charge in [-0.3, -0.25) is 4.79 Å². The molecule has 0 rings (SSSR count). The van der Waals surface area contributed by atoms with Crippen molar-refractivity contribution in [3.63, 3.8) is 0 Å². The van der Waals surface area contributed by atoms with E-state index in [1.807, 2.05) is 13.2 Å². The minimum Gasteiger partial charge on any atom is -0.480 e. The zero-order valence-electron chi connectivity index (χ0n) is 6.20. The number of carbonyl (C=O) groups is 1. The molecule has 60 valence electrons. The predicted octanol–water partition coefficient (Wildman–Crippen LogP) is 0.397. The Morgan fingerprint density at radius 2 is 2.30 bits per heavy atom. The first-order valence-corrected chi connectivity index (χ1v) is 4.46. The van der Waals surface area contributed by atoms with Crippen LogP contribution in [0.5, 0.6) is 0 Å². The number of hydrogen-bond donors (Lipinski definition) is 2. The maximum absolute atomic E-state index is 10.3. The molecule has 3 nitrogen and oxygen atoms in total. The molecule has 0 heterocycles. The van der Waals surface area contributed by atoms with Crippen molar-refractivity contribution in [2.24, 2.45) is 11.7 Å². The first kappa shape index (κ1) is 9.78. The van der Waals surface area contributed by atoms with Gasteiger partial charge in [-0.25, -0.2) is 0 Å². The van der Waals surface area contributed by atoms with E-state index in [0.717, 1.165) is 5.75 Å². The van der Waals surface area contributed by atoms with Crippen molar-refractivity contribution in [2.75, 3.05) is 12.0 Å². The standard InChI is InChI=1S/C6H13NO2S/c1-4(3-10-2)5(7)6(8)9/h4-5H,3,7H2,1-2H3,(H,8,9)/t4-,5-/m1/s1. The van der Waals surface area contributed by atoms with Crippen LogP contribution >= 0.6 is 11.8 Å². The largest absolute Gasteiger partial charge is 0.480 e. The van der Waals surface area contributed by atoms with Crippen LogP contribution in [-0.2, 0) is 4.79 Å². The molecule has 0 bridgehead atoms. The number of hydrogen-bond acceptors (Lipinski definition) is 3. The number of rotatable bonds is 4. The topological polar surface area (TPSA) is 63.3 Å². The van der Waals surface area contributed by atoms with Crippen LogP contribution in [0.25, 0.3) is 0 Å². The molecule has 2 atom stereocenters. The van der Waals surface area contributed by atoms with Crippen LogP contribution in [0, 0.1) is 5.92 Å². The van der Waals surface area contributed by atoms with Gasteiger partial charge in [-0.1, -0.05) is 6.92 Å². The lowest BCUT2D eigenvalue weighted by Gasteiger charge is -2.13. The number of thioether (sulfide) groups is 1. The summed E-state index contributed by atoms with van der Waals surface area (Å²) < 4.78 is 0. The lowest BCUT2D eigenvalue weighted by molar-refractivity contribution is -0.139. The van der Waals surface area contributed by atoms with E-state index in [1.165, 1.54) is 0 Å². The summed E-state index contributed by atoms with van der Waals surface area (Å²) in [6.07, 6.45) is 1.94. The maximum Gasteiger partial charge on any atom is 0.320 e. The molecule has 0 spiro atoms. The third-order valence-electron chi connectivity index (χ3n) is 1.33. The fourth-order valence-corrected chi connectivity index (χ4v) is 1.34. The molecule has 0 saturated heterocycles. The second-order valence-corrected chi connectivity index (χ2v) is 3.21. The van der Waals surface area contributed by atoms with Crippen molar-refractivity contribution in [2.45, 2.75) is 13.0 Å². The molecule has 0 aromatic carbocycles. The Labute approximate surface area is 65.0 Å². The van der Waals surface area contributed by atoms with Gasteiger partial charge in [-0.15, -0.1) is 0 Å². The minimum atomic E-state index is -0.915. The number of aliphatic carboxylic acids is 1. The Balaban J connectivity index is 3.69. The number of nitrogens with two attached hydrogens (primary N) is 1. The number of carboxylic acid groups (broad SMARTS) is 1. The van der Waals surface area contributed by atoms with Gasteiger partial charge >= 0.3 is 5.97 Å².